The monoisotopic (exact) mass is 306 g/mol. The molecule has 0 radical (unpaired) electrons. The number of hydrogen-bond donors (Lipinski definition) is 3. The van der Waals surface area contributed by atoms with Gasteiger partial charge in [-0.25, -0.2) is 13.1 Å². The molecule has 0 heterocycles. The topological polar surface area (TPSA) is 92.4 Å². The molecule has 108 valence electrons. The highest BCUT2D eigenvalue weighted by atomic mass is 35.5. The van der Waals surface area contributed by atoms with Crippen LogP contribution < -0.4 is 10.5 Å². The van der Waals surface area contributed by atoms with Crippen LogP contribution in [-0.2, 0) is 10.0 Å². The van der Waals surface area contributed by atoms with Crippen LogP contribution in [0.2, 0.25) is 5.02 Å². The van der Waals surface area contributed by atoms with Crippen molar-refractivity contribution < 1.29 is 13.5 Å². The van der Waals surface area contributed by atoms with E-state index in [-0.39, 0.29) is 22.6 Å². The summed E-state index contributed by atoms with van der Waals surface area (Å²) in [4.78, 5) is -0.0203. The number of nitrogens with one attached hydrogen (secondary N) is 1. The van der Waals surface area contributed by atoms with E-state index in [1.807, 2.05) is 0 Å². The van der Waals surface area contributed by atoms with E-state index in [2.05, 4.69) is 4.72 Å². The number of benzene rings is 1. The summed E-state index contributed by atoms with van der Waals surface area (Å²) < 4.78 is 26.9. The lowest BCUT2D eigenvalue weighted by atomic mass is 10.2. The molecular formula is C12H19ClN2O3S. The van der Waals surface area contributed by atoms with E-state index in [9.17, 15) is 8.42 Å². The van der Waals surface area contributed by atoms with Crippen molar-refractivity contribution in [1.82, 2.24) is 4.72 Å². The van der Waals surface area contributed by atoms with Gasteiger partial charge >= 0.3 is 0 Å². The SMILES string of the molecule is Cc1cc(Cl)c(S(=O)(=O)NC(C)CCCO)cc1N. The molecule has 1 aromatic rings. The minimum absolute atomic E-state index is 0.0203. The van der Waals surface area contributed by atoms with Crippen molar-refractivity contribution in [3.05, 3.63) is 22.7 Å². The third kappa shape index (κ3) is 4.35. The number of anilines is 1. The third-order valence-electron chi connectivity index (χ3n) is 2.76. The standard InChI is InChI=1S/C12H19ClN2O3S/c1-8-6-10(13)12(7-11(8)14)19(17,18)15-9(2)4-3-5-16/h6-7,9,15-16H,3-5,14H2,1-2H3. The normalized spacial score (nSPS) is 13.5. The van der Waals surface area contributed by atoms with Gasteiger partial charge in [-0.2, -0.15) is 0 Å². The van der Waals surface area contributed by atoms with Crippen LogP contribution in [0.1, 0.15) is 25.3 Å². The summed E-state index contributed by atoms with van der Waals surface area (Å²) in [7, 11) is -3.70. The lowest BCUT2D eigenvalue weighted by Gasteiger charge is -2.15. The van der Waals surface area contributed by atoms with Gasteiger partial charge in [-0.1, -0.05) is 11.6 Å². The lowest BCUT2D eigenvalue weighted by Crippen LogP contribution is -2.33. The Bertz CT molecular complexity index is 546. The Labute approximate surface area is 118 Å². The van der Waals surface area contributed by atoms with E-state index in [1.165, 1.54) is 12.1 Å². The van der Waals surface area contributed by atoms with Gasteiger partial charge < -0.3 is 10.8 Å². The molecular weight excluding hydrogens is 288 g/mol. The number of sulfonamides is 1. The minimum atomic E-state index is -3.70. The van der Waals surface area contributed by atoms with Crippen LogP contribution in [0.3, 0.4) is 0 Å². The van der Waals surface area contributed by atoms with Gasteiger partial charge in [-0.3, -0.25) is 0 Å². The highest BCUT2D eigenvalue weighted by Gasteiger charge is 2.21. The lowest BCUT2D eigenvalue weighted by molar-refractivity contribution is 0.279. The number of nitrogen functional groups attached to an aromatic ring is 1. The van der Waals surface area contributed by atoms with Crippen molar-refractivity contribution >= 4 is 27.3 Å². The zero-order chi connectivity index (χ0) is 14.6. The van der Waals surface area contributed by atoms with E-state index >= 15 is 0 Å². The van der Waals surface area contributed by atoms with E-state index in [4.69, 9.17) is 22.4 Å². The minimum Gasteiger partial charge on any atom is -0.398 e. The molecule has 0 bridgehead atoms. The summed E-state index contributed by atoms with van der Waals surface area (Å²) in [5.74, 6) is 0. The number of aliphatic hydroxyl groups excluding tert-OH is 1. The van der Waals surface area contributed by atoms with Crippen LogP contribution in [-0.4, -0.2) is 26.2 Å². The smallest absolute Gasteiger partial charge is 0.242 e. The number of aryl methyl sites for hydroxylation is 1. The zero-order valence-corrected chi connectivity index (χ0v) is 12.6. The largest absolute Gasteiger partial charge is 0.398 e. The summed E-state index contributed by atoms with van der Waals surface area (Å²) in [5, 5.41) is 8.87. The van der Waals surface area contributed by atoms with Gasteiger partial charge in [-0.05, 0) is 44.4 Å². The van der Waals surface area contributed by atoms with Crippen LogP contribution in [0, 0.1) is 6.92 Å². The Morgan fingerprint density at radius 2 is 2.11 bits per heavy atom. The fraction of sp³-hybridized carbons (Fsp3) is 0.500. The molecule has 19 heavy (non-hydrogen) atoms. The summed E-state index contributed by atoms with van der Waals surface area (Å²) in [6, 6.07) is 2.61. The Hall–Kier alpha value is -0.820. The van der Waals surface area contributed by atoms with E-state index in [0.29, 0.717) is 18.5 Å². The maximum atomic E-state index is 12.2. The van der Waals surface area contributed by atoms with Gasteiger partial charge in [0.15, 0.2) is 0 Å². The van der Waals surface area contributed by atoms with Crippen LogP contribution >= 0.6 is 11.6 Å². The van der Waals surface area contributed by atoms with Crippen LogP contribution in [0.15, 0.2) is 17.0 Å². The average Bonchev–Trinajstić information content (AvgIpc) is 2.30. The predicted octanol–water partition coefficient (Wildman–Crippen LogP) is 1.67. The van der Waals surface area contributed by atoms with Gasteiger partial charge in [0.1, 0.15) is 4.90 Å². The van der Waals surface area contributed by atoms with Crippen LogP contribution in [0.5, 0.6) is 0 Å². The Morgan fingerprint density at radius 1 is 1.47 bits per heavy atom. The molecule has 0 aliphatic rings. The van der Waals surface area contributed by atoms with Crippen molar-refractivity contribution in [3.8, 4) is 0 Å². The molecule has 7 heteroatoms. The molecule has 0 saturated heterocycles. The number of nitrogens with two attached hydrogens (primary N) is 1. The highest BCUT2D eigenvalue weighted by Crippen LogP contribution is 2.26. The third-order valence-corrected chi connectivity index (χ3v) is 4.82. The highest BCUT2D eigenvalue weighted by molar-refractivity contribution is 7.89. The maximum absolute atomic E-state index is 12.2. The predicted molar refractivity (Wildman–Crippen MR) is 76.7 cm³/mol. The van der Waals surface area contributed by atoms with Gasteiger partial charge in [0.25, 0.3) is 0 Å². The quantitative estimate of drug-likeness (QED) is 0.697. The number of hydrogen-bond acceptors (Lipinski definition) is 4. The van der Waals surface area contributed by atoms with Crippen molar-refractivity contribution in [2.45, 2.75) is 37.6 Å². The molecule has 0 aromatic heterocycles. The van der Waals surface area contributed by atoms with Gasteiger partial charge in [0.2, 0.25) is 10.0 Å². The first-order chi connectivity index (χ1) is 8.77. The molecule has 1 aromatic carbocycles. The number of aliphatic hydroxyl groups is 1. The molecule has 0 fully saturated rings. The fourth-order valence-corrected chi connectivity index (χ4v) is 3.55. The van der Waals surface area contributed by atoms with Crippen molar-refractivity contribution in [1.29, 1.82) is 0 Å². The first-order valence-corrected chi connectivity index (χ1v) is 7.83. The molecule has 0 amide bonds. The molecule has 1 atom stereocenters. The van der Waals surface area contributed by atoms with E-state index in [0.717, 1.165) is 5.56 Å². The Kier molecular flexibility index (Phi) is 5.61. The molecule has 1 rings (SSSR count). The van der Waals surface area contributed by atoms with Crippen molar-refractivity contribution in [2.75, 3.05) is 12.3 Å². The summed E-state index contributed by atoms with van der Waals surface area (Å²) in [6.07, 6.45) is 1.09. The number of rotatable bonds is 6. The molecule has 0 spiro atoms. The summed E-state index contributed by atoms with van der Waals surface area (Å²) in [5.41, 5.74) is 6.83. The second-order valence-electron chi connectivity index (χ2n) is 4.53. The second kappa shape index (κ2) is 6.56. The molecule has 0 aliphatic heterocycles. The first-order valence-electron chi connectivity index (χ1n) is 5.96. The van der Waals surface area contributed by atoms with Crippen LogP contribution in [0.4, 0.5) is 5.69 Å². The van der Waals surface area contributed by atoms with Gasteiger partial charge in [-0.15, -0.1) is 0 Å². The van der Waals surface area contributed by atoms with Crippen molar-refractivity contribution in [3.63, 3.8) is 0 Å². The second-order valence-corrected chi connectivity index (χ2v) is 6.62. The maximum Gasteiger partial charge on any atom is 0.242 e. The molecule has 1 unspecified atom stereocenters. The summed E-state index contributed by atoms with van der Waals surface area (Å²) in [6.45, 7) is 3.53. The number of halogens is 1. The average molecular weight is 307 g/mol. The van der Waals surface area contributed by atoms with E-state index in [1.54, 1.807) is 13.8 Å². The molecule has 0 aliphatic carbocycles. The molecule has 4 N–H and O–H groups in total. The van der Waals surface area contributed by atoms with E-state index < -0.39 is 10.0 Å². The summed E-state index contributed by atoms with van der Waals surface area (Å²) >= 11 is 5.96. The Morgan fingerprint density at radius 3 is 2.68 bits per heavy atom. The van der Waals surface area contributed by atoms with Crippen LogP contribution in [0.25, 0.3) is 0 Å². The van der Waals surface area contributed by atoms with Crippen molar-refractivity contribution in [2.24, 2.45) is 0 Å². The molecule has 5 nitrogen and oxygen atoms in total. The van der Waals surface area contributed by atoms with Gasteiger partial charge in [0, 0.05) is 18.3 Å². The first kappa shape index (κ1) is 16.2. The zero-order valence-electron chi connectivity index (χ0n) is 11.0. The fourth-order valence-electron chi connectivity index (χ4n) is 1.66. The van der Waals surface area contributed by atoms with Gasteiger partial charge in [0.05, 0.1) is 5.02 Å². The Balaban J connectivity index is 2.98. The molecule has 0 saturated carbocycles.